The molecule has 0 unspecified atom stereocenters. The summed E-state index contributed by atoms with van der Waals surface area (Å²) in [5.41, 5.74) is 3.58. The lowest BCUT2D eigenvalue weighted by Crippen LogP contribution is -2.15. The molecule has 1 aliphatic heterocycles. The molecule has 5 heteroatoms. The van der Waals surface area contributed by atoms with Crippen LogP contribution in [0.3, 0.4) is 0 Å². The summed E-state index contributed by atoms with van der Waals surface area (Å²) >= 11 is 0. The van der Waals surface area contributed by atoms with E-state index >= 15 is 0 Å². The number of carboxylic acid groups (broad SMARTS) is 1. The number of aromatic carboxylic acids is 1. The molecule has 5 nitrogen and oxygen atoms in total. The summed E-state index contributed by atoms with van der Waals surface area (Å²) in [6, 6.07) is 5.49. The highest BCUT2D eigenvalue weighted by molar-refractivity contribution is 5.90. The summed E-state index contributed by atoms with van der Waals surface area (Å²) in [4.78, 5) is 13.5. The maximum absolute atomic E-state index is 11.3. The van der Waals surface area contributed by atoms with Gasteiger partial charge in [-0.15, -0.1) is 6.58 Å². The van der Waals surface area contributed by atoms with Crippen LogP contribution >= 0.6 is 0 Å². The number of hydrogen-bond donors (Lipinski definition) is 1. The molecule has 0 atom stereocenters. The van der Waals surface area contributed by atoms with E-state index in [1.54, 1.807) is 6.07 Å². The molecule has 0 radical (unpaired) electrons. The number of nitrogens with zero attached hydrogens (tertiary/aromatic N) is 3. The SMILES string of the molecule is C=CCn1cc(CN2Cc3cccc(C(=O)O)c3C2)cn1. The highest BCUT2D eigenvalue weighted by Gasteiger charge is 2.24. The monoisotopic (exact) mass is 283 g/mol. The fourth-order valence-corrected chi connectivity index (χ4v) is 2.78. The predicted molar refractivity (Wildman–Crippen MR) is 78.8 cm³/mol. The summed E-state index contributed by atoms with van der Waals surface area (Å²) in [5.74, 6) is -0.854. The van der Waals surface area contributed by atoms with Crippen molar-refractivity contribution in [2.45, 2.75) is 26.2 Å². The largest absolute Gasteiger partial charge is 0.478 e. The summed E-state index contributed by atoms with van der Waals surface area (Å²) in [5, 5.41) is 13.5. The van der Waals surface area contributed by atoms with Crippen molar-refractivity contribution in [3.8, 4) is 0 Å². The van der Waals surface area contributed by atoms with E-state index < -0.39 is 5.97 Å². The lowest BCUT2D eigenvalue weighted by Gasteiger charge is -2.13. The minimum atomic E-state index is -0.854. The molecule has 0 amide bonds. The first-order valence-electron chi connectivity index (χ1n) is 6.86. The number of hydrogen-bond acceptors (Lipinski definition) is 3. The predicted octanol–water partition coefficient (Wildman–Crippen LogP) is 2.28. The molecule has 2 aromatic rings. The summed E-state index contributed by atoms with van der Waals surface area (Å²) in [6.07, 6.45) is 5.66. The molecule has 0 aliphatic carbocycles. The molecule has 0 saturated carbocycles. The van der Waals surface area contributed by atoms with Gasteiger partial charge in [0.15, 0.2) is 0 Å². The van der Waals surface area contributed by atoms with Crippen LogP contribution < -0.4 is 0 Å². The third-order valence-electron chi connectivity index (χ3n) is 3.69. The third-order valence-corrected chi connectivity index (χ3v) is 3.69. The van der Waals surface area contributed by atoms with E-state index in [4.69, 9.17) is 0 Å². The van der Waals surface area contributed by atoms with Crippen molar-refractivity contribution in [1.82, 2.24) is 14.7 Å². The van der Waals surface area contributed by atoms with Crippen molar-refractivity contribution in [1.29, 1.82) is 0 Å². The van der Waals surface area contributed by atoms with Gasteiger partial charge in [-0.2, -0.15) is 5.10 Å². The molecular formula is C16H17N3O2. The van der Waals surface area contributed by atoms with E-state index in [-0.39, 0.29) is 0 Å². The maximum Gasteiger partial charge on any atom is 0.336 e. The Bertz CT molecular complexity index is 691. The summed E-state index contributed by atoms with van der Waals surface area (Å²) in [7, 11) is 0. The minimum absolute atomic E-state index is 0.414. The second-order valence-electron chi connectivity index (χ2n) is 5.25. The lowest BCUT2D eigenvalue weighted by atomic mass is 10.0. The van der Waals surface area contributed by atoms with Crippen LogP contribution in [-0.4, -0.2) is 25.8 Å². The van der Waals surface area contributed by atoms with Gasteiger partial charge in [0.2, 0.25) is 0 Å². The van der Waals surface area contributed by atoms with Crippen LogP contribution in [0, 0.1) is 0 Å². The Hall–Kier alpha value is -2.40. The zero-order valence-electron chi connectivity index (χ0n) is 11.7. The van der Waals surface area contributed by atoms with Gasteiger partial charge in [0.05, 0.1) is 18.3 Å². The second kappa shape index (κ2) is 5.54. The first-order chi connectivity index (χ1) is 10.2. The van der Waals surface area contributed by atoms with Crippen LogP contribution in [-0.2, 0) is 26.2 Å². The van der Waals surface area contributed by atoms with Gasteiger partial charge in [0.1, 0.15) is 0 Å². The van der Waals surface area contributed by atoms with Crippen LogP contribution in [0.4, 0.5) is 0 Å². The molecule has 0 saturated heterocycles. The molecule has 3 rings (SSSR count). The van der Waals surface area contributed by atoms with E-state index in [1.165, 1.54) is 0 Å². The molecule has 2 heterocycles. The molecule has 1 aromatic carbocycles. The van der Waals surface area contributed by atoms with Crippen molar-refractivity contribution in [2.75, 3.05) is 0 Å². The zero-order chi connectivity index (χ0) is 14.8. The molecule has 108 valence electrons. The van der Waals surface area contributed by atoms with Crippen molar-refractivity contribution in [2.24, 2.45) is 0 Å². The average Bonchev–Trinajstić information content (AvgIpc) is 3.05. The van der Waals surface area contributed by atoms with Gasteiger partial charge in [-0.3, -0.25) is 9.58 Å². The van der Waals surface area contributed by atoms with Gasteiger partial charge >= 0.3 is 5.97 Å². The van der Waals surface area contributed by atoms with Crippen molar-refractivity contribution < 1.29 is 9.90 Å². The summed E-state index contributed by atoms with van der Waals surface area (Å²) in [6.45, 7) is 6.61. The van der Waals surface area contributed by atoms with E-state index in [9.17, 15) is 9.90 Å². The standard InChI is InChI=1S/C16H17N3O2/c1-2-6-19-9-12(7-17-19)8-18-10-13-4-3-5-14(16(20)21)15(13)11-18/h2-5,7,9H,1,6,8,10-11H2,(H,20,21). The number of allylic oxidation sites excluding steroid dienone is 1. The minimum Gasteiger partial charge on any atom is -0.478 e. The second-order valence-corrected chi connectivity index (χ2v) is 5.25. The zero-order valence-corrected chi connectivity index (χ0v) is 11.7. The van der Waals surface area contributed by atoms with Crippen molar-refractivity contribution in [3.63, 3.8) is 0 Å². The average molecular weight is 283 g/mol. The molecule has 0 fully saturated rings. The van der Waals surface area contributed by atoms with Crippen LogP contribution in [0.15, 0.2) is 43.2 Å². The van der Waals surface area contributed by atoms with E-state index in [2.05, 4.69) is 16.6 Å². The Morgan fingerprint density at radius 1 is 1.43 bits per heavy atom. The number of fused-ring (bicyclic) bond motifs is 1. The quantitative estimate of drug-likeness (QED) is 0.855. The van der Waals surface area contributed by atoms with Gasteiger partial charge in [0, 0.05) is 31.4 Å². The molecule has 0 bridgehead atoms. The fourth-order valence-electron chi connectivity index (χ4n) is 2.78. The number of aromatic nitrogens is 2. The Balaban J connectivity index is 1.74. The van der Waals surface area contributed by atoms with E-state index in [1.807, 2.05) is 35.3 Å². The lowest BCUT2D eigenvalue weighted by molar-refractivity contribution is 0.0695. The smallest absolute Gasteiger partial charge is 0.336 e. The molecule has 1 N–H and O–H groups in total. The van der Waals surface area contributed by atoms with Gasteiger partial charge < -0.3 is 5.11 Å². The van der Waals surface area contributed by atoms with Gasteiger partial charge in [-0.25, -0.2) is 4.79 Å². The fraction of sp³-hybridized carbons (Fsp3) is 0.250. The molecular weight excluding hydrogens is 266 g/mol. The molecule has 1 aromatic heterocycles. The molecule has 1 aliphatic rings. The first-order valence-corrected chi connectivity index (χ1v) is 6.86. The number of carbonyl (C=O) groups is 1. The van der Waals surface area contributed by atoms with Crippen LogP contribution in [0.1, 0.15) is 27.0 Å². The van der Waals surface area contributed by atoms with E-state index in [0.29, 0.717) is 18.7 Å². The van der Waals surface area contributed by atoms with E-state index in [0.717, 1.165) is 29.8 Å². The number of benzene rings is 1. The van der Waals surface area contributed by atoms with Crippen LogP contribution in [0.5, 0.6) is 0 Å². The Morgan fingerprint density at radius 2 is 2.29 bits per heavy atom. The molecule has 21 heavy (non-hydrogen) atoms. The number of carboxylic acids is 1. The first kappa shape index (κ1) is 13.6. The maximum atomic E-state index is 11.3. The highest BCUT2D eigenvalue weighted by Crippen LogP contribution is 2.27. The Labute approximate surface area is 123 Å². The van der Waals surface area contributed by atoms with Crippen molar-refractivity contribution in [3.05, 3.63) is 65.5 Å². The Morgan fingerprint density at radius 3 is 3.05 bits per heavy atom. The van der Waals surface area contributed by atoms with Crippen LogP contribution in [0.25, 0.3) is 0 Å². The van der Waals surface area contributed by atoms with Crippen LogP contribution in [0.2, 0.25) is 0 Å². The normalized spacial score (nSPS) is 14.1. The molecule has 0 spiro atoms. The topological polar surface area (TPSA) is 58.4 Å². The highest BCUT2D eigenvalue weighted by atomic mass is 16.4. The van der Waals surface area contributed by atoms with Gasteiger partial charge in [-0.1, -0.05) is 18.2 Å². The Kier molecular flexibility index (Phi) is 3.58. The number of rotatable bonds is 5. The third kappa shape index (κ3) is 2.73. The summed E-state index contributed by atoms with van der Waals surface area (Å²) < 4.78 is 1.84. The van der Waals surface area contributed by atoms with Gasteiger partial charge in [0.25, 0.3) is 0 Å². The van der Waals surface area contributed by atoms with Crippen molar-refractivity contribution >= 4 is 5.97 Å². The van der Waals surface area contributed by atoms with Gasteiger partial charge in [-0.05, 0) is 17.2 Å².